The van der Waals surface area contributed by atoms with Crippen LogP contribution in [0.2, 0.25) is 4.82 Å². The Morgan fingerprint density at radius 3 is 2.67 bits per heavy atom. The summed E-state index contributed by atoms with van der Waals surface area (Å²) in [5, 5.41) is 0. The molecule has 0 heterocycles. The molecule has 0 saturated heterocycles. The van der Waals surface area contributed by atoms with Gasteiger partial charge in [-0.25, -0.2) is 0 Å². The summed E-state index contributed by atoms with van der Waals surface area (Å²) < 4.78 is 7.29. The quantitative estimate of drug-likeness (QED) is 0.390. The Hall–Kier alpha value is -1.05. The van der Waals surface area contributed by atoms with Crippen molar-refractivity contribution in [1.82, 2.24) is 0 Å². The van der Waals surface area contributed by atoms with Crippen LogP contribution in [0, 0.1) is 17.8 Å². The molecule has 1 aliphatic rings. The van der Waals surface area contributed by atoms with Gasteiger partial charge >= 0.3 is 153 Å². The van der Waals surface area contributed by atoms with Crippen molar-refractivity contribution in [3.05, 3.63) is 43.0 Å². The van der Waals surface area contributed by atoms with Gasteiger partial charge in [0.1, 0.15) is 0 Å². The minimum atomic E-state index is -0.0672. The maximum atomic E-state index is 12.8. The van der Waals surface area contributed by atoms with Gasteiger partial charge in [-0.05, 0) is 0 Å². The first kappa shape index (κ1) is 19.3. The van der Waals surface area contributed by atoms with E-state index in [-0.39, 0.29) is 31.8 Å². The SMILES string of the molecule is C=CCC([Se]c1ccccc1)C(=O)O[C@@H]1C[C@H](C)CC[C@H]1C(C)C. The van der Waals surface area contributed by atoms with E-state index in [1.165, 1.54) is 17.3 Å². The van der Waals surface area contributed by atoms with Gasteiger partial charge in [-0.2, -0.15) is 0 Å². The van der Waals surface area contributed by atoms with Crippen LogP contribution in [0.4, 0.5) is 0 Å². The van der Waals surface area contributed by atoms with Crippen LogP contribution in [-0.4, -0.2) is 27.0 Å². The van der Waals surface area contributed by atoms with Crippen molar-refractivity contribution < 1.29 is 9.53 Å². The summed E-state index contributed by atoms with van der Waals surface area (Å²) in [5.74, 6) is 1.69. The molecule has 0 bridgehead atoms. The summed E-state index contributed by atoms with van der Waals surface area (Å²) in [4.78, 5) is 12.8. The van der Waals surface area contributed by atoms with Gasteiger partial charge in [0.2, 0.25) is 0 Å². The van der Waals surface area contributed by atoms with E-state index in [1.54, 1.807) is 0 Å². The third-order valence-corrected chi connectivity index (χ3v) is 7.44. The fourth-order valence-electron chi connectivity index (χ4n) is 3.48. The Kier molecular flexibility index (Phi) is 7.58. The molecular weight excluding hydrogens is 363 g/mol. The van der Waals surface area contributed by atoms with Crippen LogP contribution in [0.25, 0.3) is 0 Å². The molecule has 3 heteroatoms. The molecule has 2 rings (SSSR count). The van der Waals surface area contributed by atoms with E-state index in [9.17, 15) is 4.79 Å². The van der Waals surface area contributed by atoms with Gasteiger partial charge in [0.25, 0.3) is 0 Å². The van der Waals surface area contributed by atoms with E-state index in [0.717, 1.165) is 6.42 Å². The molecule has 24 heavy (non-hydrogen) atoms. The molecule has 1 aliphatic carbocycles. The van der Waals surface area contributed by atoms with E-state index >= 15 is 0 Å². The summed E-state index contributed by atoms with van der Waals surface area (Å²) >= 11 is 0.0835. The van der Waals surface area contributed by atoms with Gasteiger partial charge in [0, 0.05) is 0 Å². The monoisotopic (exact) mass is 394 g/mol. The van der Waals surface area contributed by atoms with E-state index in [0.29, 0.717) is 24.2 Å². The third-order valence-electron chi connectivity index (χ3n) is 4.89. The van der Waals surface area contributed by atoms with Crippen LogP contribution in [-0.2, 0) is 9.53 Å². The molecule has 0 radical (unpaired) electrons. The van der Waals surface area contributed by atoms with Gasteiger partial charge in [0.05, 0.1) is 0 Å². The number of carbonyl (C=O) groups excluding carboxylic acids is 1. The Balaban J connectivity index is 2.04. The Bertz CT molecular complexity index is 526. The summed E-state index contributed by atoms with van der Waals surface area (Å²) in [6.07, 6.45) is 6.06. The zero-order valence-corrected chi connectivity index (χ0v) is 16.8. The normalized spacial score (nSPS) is 25.2. The van der Waals surface area contributed by atoms with Crippen LogP contribution in [0.3, 0.4) is 0 Å². The summed E-state index contributed by atoms with van der Waals surface area (Å²) in [6, 6.07) is 10.3. The molecule has 1 unspecified atom stereocenters. The van der Waals surface area contributed by atoms with Gasteiger partial charge in [-0.3, -0.25) is 0 Å². The first-order valence-electron chi connectivity index (χ1n) is 9.04. The minimum absolute atomic E-state index is 0.0245. The number of esters is 1. The molecule has 2 nitrogen and oxygen atoms in total. The number of ether oxygens (including phenoxy) is 1. The van der Waals surface area contributed by atoms with Gasteiger partial charge in [0.15, 0.2) is 0 Å². The van der Waals surface area contributed by atoms with E-state index in [4.69, 9.17) is 4.74 Å². The van der Waals surface area contributed by atoms with Crippen molar-refractivity contribution in [2.75, 3.05) is 0 Å². The van der Waals surface area contributed by atoms with Crippen LogP contribution in [0.5, 0.6) is 0 Å². The molecule has 1 aromatic rings. The van der Waals surface area contributed by atoms with Crippen molar-refractivity contribution in [2.24, 2.45) is 17.8 Å². The molecule has 1 fully saturated rings. The van der Waals surface area contributed by atoms with Gasteiger partial charge in [-0.1, -0.05) is 0 Å². The van der Waals surface area contributed by atoms with Gasteiger partial charge in [-0.15, -0.1) is 0 Å². The first-order valence-corrected chi connectivity index (χ1v) is 10.9. The Morgan fingerprint density at radius 1 is 1.33 bits per heavy atom. The van der Waals surface area contributed by atoms with Crippen LogP contribution < -0.4 is 4.46 Å². The molecule has 132 valence electrons. The van der Waals surface area contributed by atoms with Gasteiger partial charge < -0.3 is 0 Å². The number of rotatable bonds is 7. The van der Waals surface area contributed by atoms with Crippen molar-refractivity contribution in [2.45, 2.75) is 57.4 Å². The van der Waals surface area contributed by atoms with Crippen LogP contribution in [0.15, 0.2) is 43.0 Å². The van der Waals surface area contributed by atoms with E-state index < -0.39 is 0 Å². The topological polar surface area (TPSA) is 26.3 Å². The fourth-order valence-corrected chi connectivity index (χ4v) is 5.64. The average Bonchev–Trinajstić information content (AvgIpc) is 2.55. The molecule has 0 N–H and O–H groups in total. The molecular formula is C21H30O2Se. The third kappa shape index (κ3) is 5.50. The number of hydrogen-bond donors (Lipinski definition) is 0. The van der Waals surface area contributed by atoms with Crippen LogP contribution >= 0.6 is 0 Å². The molecule has 0 aliphatic heterocycles. The average molecular weight is 393 g/mol. The van der Waals surface area contributed by atoms with Crippen LogP contribution in [0.1, 0.15) is 46.5 Å². The second-order valence-electron chi connectivity index (χ2n) is 7.25. The summed E-state index contributed by atoms with van der Waals surface area (Å²) in [7, 11) is 0. The molecule has 1 saturated carbocycles. The molecule has 1 aromatic carbocycles. The predicted octanol–water partition coefficient (Wildman–Crippen LogP) is 4.38. The number of hydrogen-bond acceptors (Lipinski definition) is 2. The van der Waals surface area contributed by atoms with Crippen molar-refractivity contribution in [3.8, 4) is 0 Å². The van der Waals surface area contributed by atoms with E-state index in [1.807, 2.05) is 24.3 Å². The fraction of sp³-hybridized carbons (Fsp3) is 0.571. The molecule has 0 amide bonds. The van der Waals surface area contributed by atoms with Crippen molar-refractivity contribution in [3.63, 3.8) is 0 Å². The zero-order valence-electron chi connectivity index (χ0n) is 15.1. The Labute approximate surface area is 153 Å². The van der Waals surface area contributed by atoms with E-state index in [2.05, 4.69) is 39.5 Å². The van der Waals surface area contributed by atoms with Crippen molar-refractivity contribution in [1.29, 1.82) is 0 Å². The standard InChI is InChI=1S/C21H30O2Se/c1-5-9-20(24-17-10-7-6-8-11-17)21(22)23-19-14-16(4)12-13-18(19)15(2)3/h5-8,10-11,15-16,18-20H,1,9,12-14H2,2-4H3/t16-,18+,19-,20?/m1/s1. The second-order valence-corrected chi connectivity index (χ2v) is 9.92. The zero-order chi connectivity index (χ0) is 17.5. The first-order chi connectivity index (χ1) is 11.5. The number of benzene rings is 1. The second kappa shape index (κ2) is 9.44. The molecule has 0 aromatic heterocycles. The molecule has 0 spiro atoms. The molecule has 4 atom stereocenters. The summed E-state index contributed by atoms with van der Waals surface area (Å²) in [6.45, 7) is 10.6. The predicted molar refractivity (Wildman–Crippen MR) is 102 cm³/mol. The number of allylic oxidation sites excluding steroid dienone is 1. The summed E-state index contributed by atoms with van der Waals surface area (Å²) in [5.41, 5.74) is 0. The maximum absolute atomic E-state index is 12.8. The Morgan fingerprint density at radius 2 is 2.04 bits per heavy atom. The number of carbonyl (C=O) groups is 1. The van der Waals surface area contributed by atoms with Crippen molar-refractivity contribution >= 4 is 25.4 Å².